The van der Waals surface area contributed by atoms with Crippen molar-refractivity contribution >= 4 is 0 Å². The first-order valence-corrected chi connectivity index (χ1v) is 3.99. The Bertz CT molecular complexity index is 422. The number of rotatable bonds is 1. The Morgan fingerprint density at radius 3 is 2.77 bits per heavy atom. The van der Waals surface area contributed by atoms with E-state index in [0.29, 0.717) is 11.7 Å². The fourth-order valence-corrected chi connectivity index (χ4v) is 1.13. The highest BCUT2D eigenvalue weighted by Crippen LogP contribution is 2.17. The Balaban J connectivity index is 2.52. The summed E-state index contributed by atoms with van der Waals surface area (Å²) in [5, 5.41) is 3.82. The molecule has 0 bridgehead atoms. The molecule has 4 nitrogen and oxygen atoms in total. The Morgan fingerprint density at radius 2 is 2.15 bits per heavy atom. The maximum Gasteiger partial charge on any atom is 0.223 e. The molecule has 0 aliphatic carbocycles. The van der Waals surface area contributed by atoms with Gasteiger partial charge in [-0.05, 0) is 19.1 Å². The van der Waals surface area contributed by atoms with Crippen LogP contribution in [0, 0.1) is 13.8 Å². The van der Waals surface area contributed by atoms with Gasteiger partial charge in [0.2, 0.25) is 11.7 Å². The van der Waals surface area contributed by atoms with E-state index in [-0.39, 0.29) is 0 Å². The third kappa shape index (κ3) is 1.42. The first kappa shape index (κ1) is 7.91. The monoisotopic (exact) mass is 175 g/mol. The van der Waals surface area contributed by atoms with Crippen LogP contribution >= 0.6 is 0 Å². The van der Waals surface area contributed by atoms with Gasteiger partial charge >= 0.3 is 0 Å². The number of hydrogen-bond acceptors (Lipinski definition) is 4. The maximum absolute atomic E-state index is 4.89. The molecule has 66 valence electrons. The molecule has 0 saturated heterocycles. The van der Waals surface area contributed by atoms with Crippen LogP contribution < -0.4 is 0 Å². The van der Waals surface area contributed by atoms with Gasteiger partial charge in [-0.1, -0.05) is 5.16 Å². The molecule has 0 unspecified atom stereocenters. The van der Waals surface area contributed by atoms with Crippen molar-refractivity contribution in [1.82, 2.24) is 15.1 Å². The van der Waals surface area contributed by atoms with Crippen LogP contribution in [0.1, 0.15) is 11.6 Å². The molecule has 2 heterocycles. The van der Waals surface area contributed by atoms with Crippen LogP contribution in [-0.2, 0) is 0 Å². The zero-order valence-corrected chi connectivity index (χ0v) is 7.48. The Hall–Kier alpha value is -1.71. The third-order valence-corrected chi connectivity index (χ3v) is 1.78. The SMILES string of the molecule is Cc1nc(-c2cccnc2C)no1. The van der Waals surface area contributed by atoms with Crippen LogP contribution in [0.15, 0.2) is 22.9 Å². The van der Waals surface area contributed by atoms with Gasteiger partial charge in [0, 0.05) is 24.4 Å². The molecule has 0 radical (unpaired) electrons. The lowest BCUT2D eigenvalue weighted by molar-refractivity contribution is 0.394. The third-order valence-electron chi connectivity index (χ3n) is 1.78. The molecule has 0 saturated carbocycles. The van der Waals surface area contributed by atoms with E-state index in [1.807, 2.05) is 19.1 Å². The summed E-state index contributed by atoms with van der Waals surface area (Å²) in [4.78, 5) is 8.27. The second-order valence-electron chi connectivity index (χ2n) is 2.77. The standard InChI is InChI=1S/C9H9N3O/c1-6-8(4-3-5-10-6)9-11-7(2)13-12-9/h3-5H,1-2H3. The lowest BCUT2D eigenvalue weighted by Gasteiger charge is -1.96. The van der Waals surface area contributed by atoms with E-state index in [1.54, 1.807) is 13.1 Å². The molecule has 0 amide bonds. The quantitative estimate of drug-likeness (QED) is 0.662. The Morgan fingerprint density at radius 1 is 1.31 bits per heavy atom. The number of aryl methyl sites for hydroxylation is 2. The van der Waals surface area contributed by atoms with E-state index in [4.69, 9.17) is 4.52 Å². The van der Waals surface area contributed by atoms with Gasteiger partial charge in [0.25, 0.3) is 0 Å². The van der Waals surface area contributed by atoms with Crippen molar-refractivity contribution in [3.8, 4) is 11.4 Å². The molecular weight excluding hydrogens is 166 g/mol. The van der Waals surface area contributed by atoms with Crippen molar-refractivity contribution in [1.29, 1.82) is 0 Å². The topological polar surface area (TPSA) is 51.8 Å². The predicted molar refractivity (Wildman–Crippen MR) is 47.0 cm³/mol. The molecule has 0 aliphatic heterocycles. The second-order valence-corrected chi connectivity index (χ2v) is 2.77. The van der Waals surface area contributed by atoms with Crippen molar-refractivity contribution in [2.75, 3.05) is 0 Å². The smallest absolute Gasteiger partial charge is 0.223 e. The van der Waals surface area contributed by atoms with E-state index >= 15 is 0 Å². The summed E-state index contributed by atoms with van der Waals surface area (Å²) in [5.74, 6) is 1.17. The molecule has 0 spiro atoms. The fraction of sp³-hybridized carbons (Fsp3) is 0.222. The van der Waals surface area contributed by atoms with Crippen LogP contribution in [0.5, 0.6) is 0 Å². The van der Waals surface area contributed by atoms with Crippen LogP contribution in [0.4, 0.5) is 0 Å². The lowest BCUT2D eigenvalue weighted by atomic mass is 10.2. The Kier molecular flexibility index (Phi) is 1.81. The summed E-state index contributed by atoms with van der Waals surface area (Å²) >= 11 is 0. The fourth-order valence-electron chi connectivity index (χ4n) is 1.13. The van der Waals surface area contributed by atoms with Gasteiger partial charge in [0.05, 0.1) is 0 Å². The summed E-state index contributed by atoms with van der Waals surface area (Å²) in [5.41, 5.74) is 1.82. The van der Waals surface area contributed by atoms with E-state index in [2.05, 4.69) is 15.1 Å². The first-order valence-electron chi connectivity index (χ1n) is 3.99. The van der Waals surface area contributed by atoms with Crippen molar-refractivity contribution in [2.24, 2.45) is 0 Å². The van der Waals surface area contributed by atoms with Gasteiger partial charge < -0.3 is 4.52 Å². The van der Waals surface area contributed by atoms with Crippen molar-refractivity contribution in [3.05, 3.63) is 29.9 Å². The summed E-state index contributed by atoms with van der Waals surface area (Å²) < 4.78 is 4.89. The number of aromatic nitrogens is 3. The van der Waals surface area contributed by atoms with Gasteiger partial charge in [-0.2, -0.15) is 4.98 Å². The summed E-state index contributed by atoms with van der Waals surface area (Å²) in [6.45, 7) is 3.68. The molecule has 4 heteroatoms. The zero-order valence-electron chi connectivity index (χ0n) is 7.48. The molecule has 0 aliphatic rings. The first-order chi connectivity index (χ1) is 6.27. The molecule has 2 aromatic heterocycles. The molecule has 0 N–H and O–H groups in total. The van der Waals surface area contributed by atoms with Gasteiger partial charge in [-0.15, -0.1) is 0 Å². The summed E-state index contributed by atoms with van der Waals surface area (Å²) in [6, 6.07) is 3.78. The second kappa shape index (κ2) is 2.97. The largest absolute Gasteiger partial charge is 0.339 e. The molecule has 13 heavy (non-hydrogen) atoms. The predicted octanol–water partition coefficient (Wildman–Crippen LogP) is 1.75. The van der Waals surface area contributed by atoms with Crippen molar-refractivity contribution in [3.63, 3.8) is 0 Å². The molecule has 2 aromatic rings. The molecule has 0 atom stereocenters. The van der Waals surface area contributed by atoms with Crippen LogP contribution in [-0.4, -0.2) is 15.1 Å². The molecule has 2 rings (SSSR count). The van der Waals surface area contributed by atoms with Gasteiger partial charge in [0.1, 0.15) is 0 Å². The van der Waals surface area contributed by atoms with Crippen LogP contribution in [0.3, 0.4) is 0 Å². The van der Waals surface area contributed by atoms with E-state index in [1.165, 1.54) is 0 Å². The average molecular weight is 175 g/mol. The molecular formula is C9H9N3O. The normalized spacial score (nSPS) is 10.3. The van der Waals surface area contributed by atoms with Gasteiger partial charge in [-0.3, -0.25) is 4.98 Å². The van der Waals surface area contributed by atoms with Gasteiger partial charge in [0.15, 0.2) is 0 Å². The molecule has 0 aromatic carbocycles. The van der Waals surface area contributed by atoms with Crippen molar-refractivity contribution < 1.29 is 4.52 Å². The highest BCUT2D eigenvalue weighted by Gasteiger charge is 2.07. The summed E-state index contributed by atoms with van der Waals surface area (Å²) in [6.07, 6.45) is 1.74. The minimum Gasteiger partial charge on any atom is -0.339 e. The van der Waals surface area contributed by atoms with E-state index < -0.39 is 0 Å². The number of pyridine rings is 1. The molecule has 0 fully saturated rings. The number of hydrogen-bond donors (Lipinski definition) is 0. The highest BCUT2D eigenvalue weighted by molar-refractivity contribution is 5.56. The van der Waals surface area contributed by atoms with E-state index in [9.17, 15) is 0 Å². The summed E-state index contributed by atoms with van der Waals surface area (Å²) in [7, 11) is 0. The van der Waals surface area contributed by atoms with Crippen molar-refractivity contribution in [2.45, 2.75) is 13.8 Å². The Labute approximate surface area is 75.6 Å². The minimum absolute atomic E-state index is 0.568. The van der Waals surface area contributed by atoms with E-state index in [0.717, 1.165) is 11.3 Å². The maximum atomic E-state index is 4.89. The lowest BCUT2D eigenvalue weighted by Crippen LogP contribution is -1.87. The van der Waals surface area contributed by atoms with Crippen LogP contribution in [0.2, 0.25) is 0 Å². The number of nitrogens with zero attached hydrogens (tertiary/aromatic N) is 3. The van der Waals surface area contributed by atoms with Crippen LogP contribution in [0.25, 0.3) is 11.4 Å². The highest BCUT2D eigenvalue weighted by atomic mass is 16.5. The van der Waals surface area contributed by atoms with Gasteiger partial charge in [-0.25, -0.2) is 0 Å². The average Bonchev–Trinajstić information content (AvgIpc) is 2.53. The zero-order chi connectivity index (χ0) is 9.26. The minimum atomic E-state index is 0.568.